The van der Waals surface area contributed by atoms with Gasteiger partial charge in [0.15, 0.2) is 0 Å². The summed E-state index contributed by atoms with van der Waals surface area (Å²) in [4.78, 5) is 18.1. The first-order chi connectivity index (χ1) is 8.56. The second kappa shape index (κ2) is 5.25. The molecule has 1 heterocycles. The predicted molar refractivity (Wildman–Crippen MR) is 72.7 cm³/mol. The highest BCUT2D eigenvalue weighted by Crippen LogP contribution is 2.26. The monoisotopic (exact) mass is 357 g/mol. The maximum absolute atomic E-state index is 10.6. The van der Waals surface area contributed by atoms with Gasteiger partial charge in [-0.2, -0.15) is 0 Å². The Kier molecular flexibility index (Phi) is 3.70. The third-order valence-electron chi connectivity index (χ3n) is 2.17. The van der Waals surface area contributed by atoms with Crippen LogP contribution in [0.4, 0.5) is 5.69 Å². The maximum Gasteiger partial charge on any atom is 0.321 e. The number of ether oxygens (including phenoxy) is 1. The molecule has 0 aliphatic carbocycles. The van der Waals surface area contributed by atoms with Gasteiger partial charge in [-0.15, -0.1) is 0 Å². The van der Waals surface area contributed by atoms with Crippen LogP contribution >= 0.6 is 22.6 Å². The summed E-state index contributed by atoms with van der Waals surface area (Å²) >= 11 is 2.09. The van der Waals surface area contributed by atoms with Crippen LogP contribution in [0.1, 0.15) is 5.56 Å². The molecule has 2 aromatic rings. The van der Waals surface area contributed by atoms with Crippen molar-refractivity contribution < 1.29 is 9.66 Å². The first kappa shape index (κ1) is 12.7. The minimum atomic E-state index is -0.446. The molecule has 2 rings (SSSR count). The van der Waals surface area contributed by atoms with Crippen molar-refractivity contribution in [2.75, 3.05) is 0 Å². The van der Waals surface area contributed by atoms with E-state index in [0.717, 1.165) is 3.57 Å². The van der Waals surface area contributed by atoms with Gasteiger partial charge in [-0.25, -0.2) is 9.97 Å². The van der Waals surface area contributed by atoms with Crippen LogP contribution in [-0.4, -0.2) is 14.9 Å². The molecule has 0 unspecified atom stereocenters. The maximum atomic E-state index is 10.6. The van der Waals surface area contributed by atoms with Crippen LogP contribution in [0.2, 0.25) is 0 Å². The van der Waals surface area contributed by atoms with Gasteiger partial charge < -0.3 is 4.74 Å². The number of nitrogens with zero attached hydrogens (tertiary/aromatic N) is 3. The van der Waals surface area contributed by atoms with E-state index < -0.39 is 4.92 Å². The lowest BCUT2D eigenvalue weighted by molar-refractivity contribution is -0.384. The molecule has 0 aliphatic heterocycles. The van der Waals surface area contributed by atoms with Crippen molar-refractivity contribution in [1.29, 1.82) is 0 Å². The predicted octanol–water partition coefficient (Wildman–Crippen LogP) is 3.09. The molecule has 0 fully saturated rings. The Balaban J connectivity index is 2.24. The van der Waals surface area contributed by atoms with E-state index in [1.165, 1.54) is 18.2 Å². The summed E-state index contributed by atoms with van der Waals surface area (Å²) in [5.74, 6) is 0.502. The topological polar surface area (TPSA) is 78.2 Å². The van der Waals surface area contributed by atoms with Crippen LogP contribution in [0.3, 0.4) is 0 Å². The largest absolute Gasteiger partial charge is 0.424 e. The number of aromatic nitrogens is 2. The van der Waals surface area contributed by atoms with Gasteiger partial charge in [-0.05, 0) is 41.1 Å². The Hall–Kier alpha value is -1.77. The fourth-order valence-electron chi connectivity index (χ4n) is 1.31. The minimum absolute atomic E-state index is 0.0309. The highest BCUT2D eigenvalue weighted by atomic mass is 127. The van der Waals surface area contributed by atoms with Crippen molar-refractivity contribution in [1.82, 2.24) is 9.97 Å². The number of nitro groups is 1. The first-order valence-corrected chi connectivity index (χ1v) is 6.04. The van der Waals surface area contributed by atoms with Gasteiger partial charge in [0.25, 0.3) is 5.69 Å². The minimum Gasteiger partial charge on any atom is -0.424 e. The first-order valence-electron chi connectivity index (χ1n) is 4.96. The summed E-state index contributed by atoms with van der Waals surface area (Å²) in [7, 11) is 0. The molecule has 6 nitrogen and oxygen atoms in total. The number of nitro benzene ring substituents is 1. The molecule has 1 aromatic carbocycles. The Morgan fingerprint density at radius 2 is 2.00 bits per heavy atom. The van der Waals surface area contributed by atoms with E-state index in [4.69, 9.17) is 4.74 Å². The molecular formula is C11H8IN3O3. The normalized spacial score (nSPS) is 10.1. The number of hydrogen-bond donors (Lipinski definition) is 0. The Morgan fingerprint density at radius 1 is 1.33 bits per heavy atom. The number of halogens is 1. The van der Waals surface area contributed by atoms with Gasteiger partial charge >= 0.3 is 6.01 Å². The average Bonchev–Trinajstić information content (AvgIpc) is 2.34. The molecule has 0 saturated carbocycles. The molecule has 0 saturated heterocycles. The van der Waals surface area contributed by atoms with Crippen LogP contribution in [0.15, 0.2) is 30.6 Å². The van der Waals surface area contributed by atoms with Crippen LogP contribution in [0, 0.1) is 20.6 Å². The molecule has 0 amide bonds. The molecule has 0 atom stereocenters. The highest BCUT2D eigenvalue weighted by molar-refractivity contribution is 14.1. The summed E-state index contributed by atoms with van der Waals surface area (Å²) in [6.07, 6.45) is 3.26. The fourth-order valence-corrected chi connectivity index (χ4v) is 1.59. The molecule has 92 valence electrons. The van der Waals surface area contributed by atoms with E-state index >= 15 is 0 Å². The lowest BCUT2D eigenvalue weighted by Gasteiger charge is -2.06. The summed E-state index contributed by atoms with van der Waals surface area (Å²) in [6, 6.07) is 4.58. The Bertz CT molecular complexity index is 587. The lowest BCUT2D eigenvalue weighted by Crippen LogP contribution is -1.95. The zero-order valence-electron chi connectivity index (χ0n) is 9.33. The van der Waals surface area contributed by atoms with Crippen molar-refractivity contribution >= 4 is 28.3 Å². The SMILES string of the molecule is Cc1cc([N+](=O)[O-])ccc1Oc1ncc(I)cn1. The number of rotatable bonds is 3. The molecule has 1 aromatic heterocycles. The Morgan fingerprint density at radius 3 is 2.56 bits per heavy atom. The third kappa shape index (κ3) is 2.92. The standard InChI is InChI=1S/C11H8IN3O3/c1-7-4-9(15(16)17)2-3-10(7)18-11-13-5-8(12)6-14-11/h2-6H,1H3. The number of non-ortho nitro benzene ring substituents is 1. The number of benzene rings is 1. The highest BCUT2D eigenvalue weighted by Gasteiger charge is 2.10. The van der Waals surface area contributed by atoms with Crippen LogP contribution < -0.4 is 4.74 Å². The molecule has 7 heteroatoms. The fraction of sp³-hybridized carbons (Fsp3) is 0.0909. The molecule has 18 heavy (non-hydrogen) atoms. The van der Waals surface area contributed by atoms with E-state index in [9.17, 15) is 10.1 Å². The molecule has 0 N–H and O–H groups in total. The van der Waals surface area contributed by atoms with Gasteiger partial charge in [0, 0.05) is 28.1 Å². The van der Waals surface area contributed by atoms with Gasteiger partial charge in [0.2, 0.25) is 0 Å². The number of hydrogen-bond acceptors (Lipinski definition) is 5. The van der Waals surface area contributed by atoms with Crippen molar-refractivity contribution in [3.05, 3.63) is 49.8 Å². The Labute approximate surface area is 116 Å². The number of aryl methyl sites for hydroxylation is 1. The second-order valence-electron chi connectivity index (χ2n) is 3.49. The summed E-state index contributed by atoms with van der Waals surface area (Å²) < 4.78 is 6.35. The smallest absolute Gasteiger partial charge is 0.321 e. The van der Waals surface area contributed by atoms with Crippen molar-refractivity contribution in [3.63, 3.8) is 0 Å². The van der Waals surface area contributed by atoms with E-state index in [0.29, 0.717) is 11.3 Å². The van der Waals surface area contributed by atoms with E-state index in [2.05, 4.69) is 32.6 Å². The molecule has 0 spiro atoms. The lowest BCUT2D eigenvalue weighted by atomic mass is 10.2. The van der Waals surface area contributed by atoms with E-state index in [-0.39, 0.29) is 11.7 Å². The molecule has 0 radical (unpaired) electrons. The molecule has 0 aliphatic rings. The molecular weight excluding hydrogens is 349 g/mol. The second-order valence-corrected chi connectivity index (χ2v) is 4.74. The van der Waals surface area contributed by atoms with Gasteiger partial charge in [0.1, 0.15) is 5.75 Å². The summed E-state index contributed by atoms with van der Waals surface area (Å²) in [5, 5.41) is 10.6. The van der Waals surface area contributed by atoms with Crippen molar-refractivity contribution in [3.8, 4) is 11.8 Å². The zero-order valence-corrected chi connectivity index (χ0v) is 11.5. The van der Waals surface area contributed by atoms with Crippen molar-refractivity contribution in [2.24, 2.45) is 0 Å². The quantitative estimate of drug-likeness (QED) is 0.479. The van der Waals surface area contributed by atoms with Gasteiger partial charge in [-0.3, -0.25) is 10.1 Å². The molecule has 0 bridgehead atoms. The van der Waals surface area contributed by atoms with Crippen LogP contribution in [-0.2, 0) is 0 Å². The van der Waals surface area contributed by atoms with Crippen LogP contribution in [0.25, 0.3) is 0 Å². The summed E-state index contributed by atoms with van der Waals surface area (Å²) in [5.41, 5.74) is 0.690. The van der Waals surface area contributed by atoms with Gasteiger partial charge in [-0.1, -0.05) is 0 Å². The van der Waals surface area contributed by atoms with E-state index in [1.54, 1.807) is 19.3 Å². The van der Waals surface area contributed by atoms with Crippen LogP contribution in [0.5, 0.6) is 11.8 Å². The van der Waals surface area contributed by atoms with E-state index in [1.807, 2.05) is 0 Å². The van der Waals surface area contributed by atoms with Crippen molar-refractivity contribution in [2.45, 2.75) is 6.92 Å². The van der Waals surface area contributed by atoms with Gasteiger partial charge in [0.05, 0.1) is 4.92 Å². The average molecular weight is 357 g/mol. The zero-order chi connectivity index (χ0) is 13.1. The third-order valence-corrected chi connectivity index (χ3v) is 2.72. The summed E-state index contributed by atoms with van der Waals surface area (Å²) in [6.45, 7) is 1.73.